The fourth-order valence-electron chi connectivity index (χ4n) is 1.61. The van der Waals surface area contributed by atoms with Gasteiger partial charge in [0.25, 0.3) is 0 Å². The molecule has 0 saturated carbocycles. The Morgan fingerprint density at radius 3 is 2.63 bits per heavy atom. The lowest BCUT2D eigenvalue weighted by atomic mass is 10.1. The van der Waals surface area contributed by atoms with Gasteiger partial charge in [0.15, 0.2) is 0 Å². The molecule has 0 spiro atoms. The van der Waals surface area contributed by atoms with Gasteiger partial charge in [-0.05, 0) is 31.2 Å². The number of halogens is 2. The summed E-state index contributed by atoms with van der Waals surface area (Å²) in [6.45, 7) is 1.79. The van der Waals surface area contributed by atoms with E-state index in [1.807, 2.05) is 0 Å². The molecule has 0 aliphatic carbocycles. The first-order valence-electron chi connectivity index (χ1n) is 5.43. The van der Waals surface area contributed by atoms with Gasteiger partial charge in [0, 0.05) is 10.5 Å². The van der Waals surface area contributed by atoms with E-state index in [2.05, 4.69) is 15.9 Å². The molecule has 0 amide bonds. The molecule has 0 unspecified atom stereocenters. The number of aromatic carboxylic acids is 1. The molecule has 2 aromatic rings. The number of carboxylic acid groups (broad SMARTS) is 1. The van der Waals surface area contributed by atoms with Gasteiger partial charge in [-0.2, -0.15) is 0 Å². The van der Waals surface area contributed by atoms with Crippen molar-refractivity contribution < 1.29 is 19.0 Å². The molecule has 98 valence electrons. The summed E-state index contributed by atoms with van der Waals surface area (Å²) >= 11 is 3.15. The molecule has 0 saturated heterocycles. The summed E-state index contributed by atoms with van der Waals surface area (Å²) in [6, 6.07) is 8.84. The third kappa shape index (κ3) is 3.32. The van der Waals surface area contributed by atoms with Gasteiger partial charge in [0.05, 0.1) is 0 Å². The van der Waals surface area contributed by atoms with Gasteiger partial charge in [-0.15, -0.1) is 0 Å². The molecular formula is C14H10BrFO3. The molecule has 0 atom stereocenters. The molecule has 2 aromatic carbocycles. The molecule has 0 aromatic heterocycles. The Balaban J connectivity index is 2.40. The summed E-state index contributed by atoms with van der Waals surface area (Å²) in [5, 5.41) is 9.11. The van der Waals surface area contributed by atoms with E-state index in [9.17, 15) is 9.18 Å². The fraction of sp³-hybridized carbons (Fsp3) is 0.0714. The standard InChI is InChI=1S/C14H10BrFO3/c1-8-2-3-13(12(4-8)14(17)18)19-11-6-9(15)5-10(16)7-11/h2-7H,1H3,(H,17,18). The predicted octanol–water partition coefficient (Wildman–Crippen LogP) is 4.39. The van der Waals surface area contributed by atoms with Crippen molar-refractivity contribution in [2.75, 3.05) is 0 Å². The highest BCUT2D eigenvalue weighted by Gasteiger charge is 2.12. The van der Waals surface area contributed by atoms with Crippen molar-refractivity contribution in [3.05, 3.63) is 57.8 Å². The van der Waals surface area contributed by atoms with Gasteiger partial charge in [0.2, 0.25) is 0 Å². The van der Waals surface area contributed by atoms with Crippen LogP contribution in [0, 0.1) is 12.7 Å². The van der Waals surface area contributed by atoms with Crippen LogP contribution in [0.15, 0.2) is 40.9 Å². The van der Waals surface area contributed by atoms with E-state index in [0.29, 0.717) is 4.47 Å². The summed E-state index contributed by atoms with van der Waals surface area (Å²) in [4.78, 5) is 11.1. The number of aryl methyl sites for hydroxylation is 1. The zero-order valence-electron chi connectivity index (χ0n) is 9.98. The third-order valence-corrected chi connectivity index (χ3v) is 2.89. The zero-order valence-corrected chi connectivity index (χ0v) is 11.6. The van der Waals surface area contributed by atoms with Crippen LogP contribution in [-0.2, 0) is 0 Å². The highest BCUT2D eigenvalue weighted by molar-refractivity contribution is 9.10. The molecule has 0 radical (unpaired) electrons. The average Bonchev–Trinajstić information content (AvgIpc) is 2.30. The molecule has 2 rings (SSSR count). The second kappa shape index (κ2) is 5.40. The molecule has 5 heteroatoms. The maximum atomic E-state index is 13.2. The number of benzene rings is 2. The number of carbonyl (C=O) groups is 1. The van der Waals surface area contributed by atoms with Crippen LogP contribution in [0.2, 0.25) is 0 Å². The molecule has 1 N–H and O–H groups in total. The Kier molecular flexibility index (Phi) is 3.85. The second-order valence-electron chi connectivity index (χ2n) is 4.01. The van der Waals surface area contributed by atoms with E-state index in [4.69, 9.17) is 9.84 Å². The van der Waals surface area contributed by atoms with Crippen LogP contribution in [0.1, 0.15) is 15.9 Å². The van der Waals surface area contributed by atoms with Crippen LogP contribution in [0.3, 0.4) is 0 Å². The van der Waals surface area contributed by atoms with E-state index >= 15 is 0 Å². The lowest BCUT2D eigenvalue weighted by Gasteiger charge is -2.10. The highest BCUT2D eigenvalue weighted by atomic mass is 79.9. The van der Waals surface area contributed by atoms with Crippen molar-refractivity contribution in [3.8, 4) is 11.5 Å². The largest absolute Gasteiger partial charge is 0.478 e. The zero-order chi connectivity index (χ0) is 14.0. The van der Waals surface area contributed by atoms with Gasteiger partial charge in [-0.3, -0.25) is 0 Å². The second-order valence-corrected chi connectivity index (χ2v) is 4.93. The first kappa shape index (κ1) is 13.5. The van der Waals surface area contributed by atoms with Crippen molar-refractivity contribution >= 4 is 21.9 Å². The summed E-state index contributed by atoms with van der Waals surface area (Å²) in [5.74, 6) is -1.14. The molecule has 19 heavy (non-hydrogen) atoms. The van der Waals surface area contributed by atoms with Crippen LogP contribution in [0.5, 0.6) is 11.5 Å². The lowest BCUT2D eigenvalue weighted by molar-refractivity contribution is 0.0694. The number of rotatable bonds is 3. The summed E-state index contributed by atoms with van der Waals surface area (Å²) in [6.07, 6.45) is 0. The van der Waals surface area contributed by atoms with Crippen LogP contribution < -0.4 is 4.74 Å². The maximum Gasteiger partial charge on any atom is 0.339 e. The lowest BCUT2D eigenvalue weighted by Crippen LogP contribution is -2.00. The van der Waals surface area contributed by atoms with Crippen LogP contribution in [-0.4, -0.2) is 11.1 Å². The van der Waals surface area contributed by atoms with Gasteiger partial charge in [0.1, 0.15) is 22.9 Å². The van der Waals surface area contributed by atoms with Gasteiger partial charge in [-0.25, -0.2) is 9.18 Å². The van der Waals surface area contributed by atoms with E-state index in [-0.39, 0.29) is 17.1 Å². The topological polar surface area (TPSA) is 46.5 Å². The minimum absolute atomic E-state index is 0.0420. The van der Waals surface area contributed by atoms with Crippen LogP contribution >= 0.6 is 15.9 Å². The highest BCUT2D eigenvalue weighted by Crippen LogP contribution is 2.29. The van der Waals surface area contributed by atoms with Crippen molar-refractivity contribution in [2.45, 2.75) is 6.92 Å². The first-order valence-corrected chi connectivity index (χ1v) is 6.23. The van der Waals surface area contributed by atoms with Crippen molar-refractivity contribution in [1.29, 1.82) is 0 Å². The van der Waals surface area contributed by atoms with E-state index in [1.165, 1.54) is 18.2 Å². The number of carboxylic acids is 1. The summed E-state index contributed by atoms with van der Waals surface area (Å²) < 4.78 is 19.2. The summed E-state index contributed by atoms with van der Waals surface area (Å²) in [5.41, 5.74) is 0.852. The number of hydrogen-bond acceptors (Lipinski definition) is 2. The molecule has 0 fully saturated rings. The Morgan fingerprint density at radius 1 is 1.26 bits per heavy atom. The predicted molar refractivity (Wildman–Crippen MR) is 72.3 cm³/mol. The van der Waals surface area contributed by atoms with Crippen molar-refractivity contribution in [3.63, 3.8) is 0 Å². The molecule has 0 aliphatic heterocycles. The van der Waals surface area contributed by atoms with E-state index in [0.717, 1.165) is 5.56 Å². The molecule has 0 heterocycles. The van der Waals surface area contributed by atoms with E-state index < -0.39 is 11.8 Å². The average molecular weight is 325 g/mol. The number of hydrogen-bond donors (Lipinski definition) is 1. The van der Waals surface area contributed by atoms with Crippen LogP contribution in [0.25, 0.3) is 0 Å². The fourth-order valence-corrected chi connectivity index (χ4v) is 2.06. The maximum absolute atomic E-state index is 13.2. The molecule has 0 bridgehead atoms. The minimum Gasteiger partial charge on any atom is -0.478 e. The first-order chi connectivity index (χ1) is 8.95. The SMILES string of the molecule is Cc1ccc(Oc2cc(F)cc(Br)c2)c(C(=O)O)c1. The van der Waals surface area contributed by atoms with Crippen molar-refractivity contribution in [1.82, 2.24) is 0 Å². The smallest absolute Gasteiger partial charge is 0.339 e. The van der Waals surface area contributed by atoms with Gasteiger partial charge < -0.3 is 9.84 Å². The molecule has 3 nitrogen and oxygen atoms in total. The van der Waals surface area contributed by atoms with Crippen LogP contribution in [0.4, 0.5) is 4.39 Å². The minimum atomic E-state index is -1.09. The van der Waals surface area contributed by atoms with Gasteiger partial charge in [-0.1, -0.05) is 27.6 Å². The molecule has 0 aliphatic rings. The monoisotopic (exact) mass is 324 g/mol. The molecular weight excluding hydrogens is 315 g/mol. The summed E-state index contributed by atoms with van der Waals surface area (Å²) in [7, 11) is 0. The Bertz CT molecular complexity index is 620. The normalized spacial score (nSPS) is 10.3. The van der Waals surface area contributed by atoms with Crippen molar-refractivity contribution in [2.24, 2.45) is 0 Å². The Morgan fingerprint density at radius 2 is 2.00 bits per heavy atom. The Labute approximate surface area is 117 Å². The third-order valence-electron chi connectivity index (χ3n) is 2.43. The van der Waals surface area contributed by atoms with E-state index in [1.54, 1.807) is 25.1 Å². The van der Waals surface area contributed by atoms with Gasteiger partial charge >= 0.3 is 5.97 Å². The number of ether oxygens (including phenoxy) is 1. The Hall–Kier alpha value is -1.88. The quantitative estimate of drug-likeness (QED) is 0.910.